The SMILES string of the molecule is CCOC(=O)N1N=C(Nc2ccccc2)c2ccccc2C1c1ccccc1. The van der Waals surface area contributed by atoms with E-state index in [1.54, 1.807) is 6.92 Å². The first-order chi connectivity index (χ1) is 13.8. The van der Waals surface area contributed by atoms with Gasteiger partial charge in [0.2, 0.25) is 0 Å². The van der Waals surface area contributed by atoms with Crippen molar-refractivity contribution in [2.24, 2.45) is 5.10 Å². The molecule has 4 rings (SSSR count). The number of rotatable bonds is 3. The number of hydrogen-bond acceptors (Lipinski definition) is 4. The fourth-order valence-corrected chi connectivity index (χ4v) is 3.34. The number of amides is 1. The van der Waals surface area contributed by atoms with Gasteiger partial charge in [-0.05, 0) is 30.2 Å². The predicted molar refractivity (Wildman–Crippen MR) is 110 cm³/mol. The average molecular weight is 371 g/mol. The van der Waals surface area contributed by atoms with Gasteiger partial charge in [0.05, 0.1) is 6.61 Å². The Bertz CT molecular complexity index is 987. The van der Waals surface area contributed by atoms with E-state index < -0.39 is 6.09 Å². The highest BCUT2D eigenvalue weighted by molar-refractivity contribution is 6.10. The van der Waals surface area contributed by atoms with Crippen LogP contribution >= 0.6 is 0 Å². The highest BCUT2D eigenvalue weighted by Gasteiger charge is 2.34. The molecule has 0 radical (unpaired) electrons. The van der Waals surface area contributed by atoms with Gasteiger partial charge >= 0.3 is 6.09 Å². The molecule has 140 valence electrons. The summed E-state index contributed by atoms with van der Waals surface area (Å²) < 4.78 is 5.30. The Hall–Kier alpha value is -3.60. The lowest BCUT2D eigenvalue weighted by atomic mass is 9.92. The largest absolute Gasteiger partial charge is 0.448 e. The Morgan fingerprint density at radius 1 is 0.964 bits per heavy atom. The molecule has 0 spiro atoms. The summed E-state index contributed by atoms with van der Waals surface area (Å²) in [7, 11) is 0. The molecule has 5 nitrogen and oxygen atoms in total. The van der Waals surface area contributed by atoms with Crippen molar-refractivity contribution in [3.63, 3.8) is 0 Å². The third-order valence-electron chi connectivity index (χ3n) is 4.57. The molecule has 3 aromatic rings. The molecule has 0 fully saturated rings. The fourth-order valence-electron chi connectivity index (χ4n) is 3.34. The minimum absolute atomic E-state index is 0.287. The summed E-state index contributed by atoms with van der Waals surface area (Å²) in [5.74, 6) is 0.613. The zero-order valence-corrected chi connectivity index (χ0v) is 15.6. The standard InChI is InChI=1S/C23H21N3O2/c1-2-28-23(27)26-21(17-11-5-3-6-12-17)19-15-9-10-16-20(19)22(25-26)24-18-13-7-4-8-14-18/h3-16,21H,2H2,1H3,(H,24,25). The van der Waals surface area contributed by atoms with Crippen LogP contribution in [0.4, 0.5) is 10.5 Å². The molecule has 1 aliphatic rings. The second-order valence-electron chi connectivity index (χ2n) is 6.38. The number of benzene rings is 3. The summed E-state index contributed by atoms with van der Waals surface area (Å²) in [6.07, 6.45) is -0.474. The molecule has 1 N–H and O–H groups in total. The van der Waals surface area contributed by atoms with E-state index in [-0.39, 0.29) is 12.6 Å². The van der Waals surface area contributed by atoms with E-state index in [1.807, 2.05) is 84.9 Å². The number of nitrogens with one attached hydrogen (secondary N) is 1. The Kier molecular flexibility index (Phi) is 5.06. The first kappa shape index (κ1) is 17.8. The van der Waals surface area contributed by atoms with Gasteiger partial charge in [-0.2, -0.15) is 5.01 Å². The third-order valence-corrected chi connectivity index (χ3v) is 4.57. The van der Waals surface area contributed by atoms with E-state index in [9.17, 15) is 4.79 Å². The Morgan fingerprint density at radius 2 is 1.61 bits per heavy atom. The molecule has 0 aromatic heterocycles. The molecule has 28 heavy (non-hydrogen) atoms. The molecule has 1 amide bonds. The molecular formula is C23H21N3O2. The molecule has 1 heterocycles. The first-order valence-electron chi connectivity index (χ1n) is 9.29. The maximum Gasteiger partial charge on any atom is 0.431 e. The topological polar surface area (TPSA) is 53.9 Å². The van der Waals surface area contributed by atoms with Crippen molar-refractivity contribution in [3.05, 3.63) is 102 Å². The van der Waals surface area contributed by atoms with Crippen LogP contribution in [-0.2, 0) is 4.74 Å². The number of fused-ring (bicyclic) bond motifs is 1. The summed E-state index contributed by atoms with van der Waals surface area (Å²) in [5.41, 5.74) is 3.83. The van der Waals surface area contributed by atoms with Crippen molar-refractivity contribution in [2.45, 2.75) is 13.0 Å². The quantitative estimate of drug-likeness (QED) is 0.703. The van der Waals surface area contributed by atoms with Crippen molar-refractivity contribution in [1.82, 2.24) is 5.01 Å². The van der Waals surface area contributed by atoms with Crippen LogP contribution in [0.25, 0.3) is 0 Å². The molecule has 0 aliphatic carbocycles. The number of para-hydroxylation sites is 1. The molecule has 0 saturated carbocycles. The highest BCUT2D eigenvalue weighted by atomic mass is 16.6. The van der Waals surface area contributed by atoms with Gasteiger partial charge in [-0.3, -0.25) is 0 Å². The maximum atomic E-state index is 12.8. The summed E-state index contributed by atoms with van der Waals surface area (Å²) in [6, 6.07) is 27.3. The van der Waals surface area contributed by atoms with E-state index in [1.165, 1.54) is 5.01 Å². The van der Waals surface area contributed by atoms with Crippen molar-refractivity contribution in [1.29, 1.82) is 0 Å². The van der Waals surface area contributed by atoms with E-state index in [0.717, 1.165) is 22.4 Å². The number of nitrogens with zero attached hydrogens (tertiary/aromatic N) is 2. The lowest BCUT2D eigenvalue weighted by molar-refractivity contribution is 0.0968. The number of anilines is 1. The molecule has 5 heteroatoms. The van der Waals surface area contributed by atoms with Crippen LogP contribution in [0, 0.1) is 0 Å². The number of ether oxygens (including phenoxy) is 1. The zero-order valence-electron chi connectivity index (χ0n) is 15.6. The monoisotopic (exact) mass is 371 g/mol. The molecule has 3 aromatic carbocycles. The van der Waals surface area contributed by atoms with Gasteiger partial charge in [-0.15, -0.1) is 5.10 Å². The second-order valence-corrected chi connectivity index (χ2v) is 6.38. The number of hydrogen-bond donors (Lipinski definition) is 1. The van der Waals surface area contributed by atoms with Gasteiger partial charge in [0.1, 0.15) is 6.04 Å². The van der Waals surface area contributed by atoms with Gasteiger partial charge in [0.15, 0.2) is 5.84 Å². The summed E-state index contributed by atoms with van der Waals surface area (Å²) >= 11 is 0. The number of hydrazone groups is 1. The van der Waals surface area contributed by atoms with Crippen LogP contribution in [0.5, 0.6) is 0 Å². The van der Waals surface area contributed by atoms with Crippen LogP contribution in [0.2, 0.25) is 0 Å². The minimum Gasteiger partial charge on any atom is -0.448 e. The summed E-state index contributed by atoms with van der Waals surface area (Å²) in [6.45, 7) is 2.08. The summed E-state index contributed by atoms with van der Waals surface area (Å²) in [5, 5.41) is 9.42. The Balaban J connectivity index is 1.83. The van der Waals surface area contributed by atoms with Crippen LogP contribution in [0.3, 0.4) is 0 Å². The van der Waals surface area contributed by atoms with Crippen molar-refractivity contribution in [3.8, 4) is 0 Å². The number of carbonyl (C=O) groups is 1. The Labute approximate surface area is 164 Å². The molecule has 1 aliphatic heterocycles. The van der Waals surface area contributed by atoms with E-state index in [2.05, 4.69) is 10.4 Å². The van der Waals surface area contributed by atoms with Gasteiger partial charge in [0, 0.05) is 11.3 Å². The molecular weight excluding hydrogens is 350 g/mol. The Morgan fingerprint density at radius 3 is 2.32 bits per heavy atom. The van der Waals surface area contributed by atoms with Crippen molar-refractivity contribution < 1.29 is 9.53 Å². The van der Waals surface area contributed by atoms with Crippen molar-refractivity contribution >= 4 is 17.6 Å². The lowest BCUT2D eigenvalue weighted by Gasteiger charge is -2.33. The normalized spacial score (nSPS) is 15.4. The van der Waals surface area contributed by atoms with E-state index >= 15 is 0 Å². The highest BCUT2D eigenvalue weighted by Crippen LogP contribution is 2.35. The zero-order chi connectivity index (χ0) is 19.3. The minimum atomic E-state index is -0.474. The lowest BCUT2D eigenvalue weighted by Crippen LogP contribution is -2.38. The number of carbonyl (C=O) groups excluding carboxylic acids is 1. The van der Waals surface area contributed by atoms with Crippen LogP contribution < -0.4 is 5.32 Å². The van der Waals surface area contributed by atoms with E-state index in [4.69, 9.17) is 4.74 Å². The van der Waals surface area contributed by atoms with Gasteiger partial charge < -0.3 is 10.1 Å². The van der Waals surface area contributed by atoms with Gasteiger partial charge in [-0.25, -0.2) is 4.79 Å². The molecule has 0 bridgehead atoms. The average Bonchev–Trinajstić information content (AvgIpc) is 2.75. The third kappa shape index (κ3) is 3.47. The molecule has 1 atom stereocenters. The first-order valence-corrected chi connectivity index (χ1v) is 9.29. The van der Waals surface area contributed by atoms with Crippen LogP contribution in [-0.4, -0.2) is 23.5 Å². The predicted octanol–water partition coefficient (Wildman–Crippen LogP) is 5.02. The van der Waals surface area contributed by atoms with Crippen molar-refractivity contribution in [2.75, 3.05) is 11.9 Å². The maximum absolute atomic E-state index is 12.8. The molecule has 1 unspecified atom stereocenters. The van der Waals surface area contributed by atoms with Gasteiger partial charge in [0.25, 0.3) is 0 Å². The summed E-state index contributed by atoms with van der Waals surface area (Å²) in [4.78, 5) is 12.8. The van der Waals surface area contributed by atoms with Crippen LogP contribution in [0.15, 0.2) is 90.0 Å². The molecule has 0 saturated heterocycles. The van der Waals surface area contributed by atoms with E-state index in [0.29, 0.717) is 5.84 Å². The smallest absolute Gasteiger partial charge is 0.431 e. The fraction of sp³-hybridized carbons (Fsp3) is 0.130. The second kappa shape index (κ2) is 7.96. The van der Waals surface area contributed by atoms with Gasteiger partial charge in [-0.1, -0.05) is 72.8 Å². The number of amidine groups is 1. The van der Waals surface area contributed by atoms with Crippen LogP contribution in [0.1, 0.15) is 29.7 Å².